The second-order valence-corrected chi connectivity index (χ2v) is 13.8. The molecule has 0 rings (SSSR count). The Morgan fingerprint density at radius 2 is 1.56 bits per heavy atom. The van der Waals surface area contributed by atoms with Crippen molar-refractivity contribution in [1.82, 2.24) is 5.32 Å². The summed E-state index contributed by atoms with van der Waals surface area (Å²) in [6, 6.07) is 1.46. The molecule has 1 unspecified atom stereocenters. The van der Waals surface area contributed by atoms with Crippen molar-refractivity contribution < 1.29 is 0 Å². The van der Waals surface area contributed by atoms with E-state index >= 15 is 0 Å². The van der Waals surface area contributed by atoms with Crippen molar-refractivity contribution in [2.24, 2.45) is 5.41 Å². The van der Waals surface area contributed by atoms with Crippen LogP contribution in [0.25, 0.3) is 0 Å². The van der Waals surface area contributed by atoms with Gasteiger partial charge in [-0.05, 0) is 39.0 Å². The Bertz CT molecular complexity index is 224. The van der Waals surface area contributed by atoms with Crippen LogP contribution in [0, 0.1) is 5.41 Å². The molecule has 0 aromatic carbocycles. The van der Waals surface area contributed by atoms with Gasteiger partial charge in [0.25, 0.3) is 0 Å². The number of rotatable bonds is 8. The molecule has 0 aromatic heterocycles. The minimum atomic E-state index is -1.000. The molecule has 2 heteroatoms. The molecule has 0 aromatic rings. The van der Waals surface area contributed by atoms with Crippen LogP contribution in [0.4, 0.5) is 0 Å². The summed E-state index contributed by atoms with van der Waals surface area (Å²) >= 11 is 0. The summed E-state index contributed by atoms with van der Waals surface area (Å²) in [5.74, 6) is 0. The van der Waals surface area contributed by atoms with Gasteiger partial charge in [-0.1, -0.05) is 52.4 Å². The van der Waals surface area contributed by atoms with Gasteiger partial charge < -0.3 is 5.32 Å². The monoisotopic (exact) mass is 271 g/mol. The maximum atomic E-state index is 3.77. The van der Waals surface area contributed by atoms with Crippen LogP contribution in [0.3, 0.4) is 0 Å². The first kappa shape index (κ1) is 18.2. The molecular weight excluding hydrogens is 234 g/mol. The molecule has 0 saturated carbocycles. The molecule has 0 spiro atoms. The fourth-order valence-corrected chi connectivity index (χ4v) is 5.60. The Kier molecular flexibility index (Phi) is 7.16. The third-order valence-corrected chi connectivity index (χ3v) is 5.52. The Hall–Kier alpha value is 0.177. The highest BCUT2D eigenvalue weighted by Gasteiger charge is 2.33. The normalized spacial score (nSPS) is 16.7. The van der Waals surface area contributed by atoms with E-state index in [0.29, 0.717) is 5.41 Å². The third-order valence-electron chi connectivity index (χ3n) is 3.71. The van der Waals surface area contributed by atoms with Crippen molar-refractivity contribution in [3.05, 3.63) is 0 Å². The molecule has 0 aliphatic rings. The van der Waals surface area contributed by atoms with Crippen molar-refractivity contribution in [1.29, 1.82) is 0 Å². The van der Waals surface area contributed by atoms with Gasteiger partial charge in [0.05, 0.1) is 0 Å². The van der Waals surface area contributed by atoms with E-state index in [1.54, 1.807) is 0 Å². The molecular formula is C16H37NSi. The molecule has 18 heavy (non-hydrogen) atoms. The zero-order valence-electron chi connectivity index (χ0n) is 14.2. The first-order valence-electron chi connectivity index (χ1n) is 7.79. The summed E-state index contributed by atoms with van der Waals surface area (Å²) in [4.78, 5) is 0. The largest absolute Gasteiger partial charge is 0.312 e. The molecule has 0 bridgehead atoms. The van der Waals surface area contributed by atoms with Crippen LogP contribution in [0.2, 0.25) is 25.7 Å². The van der Waals surface area contributed by atoms with E-state index in [0.717, 1.165) is 0 Å². The van der Waals surface area contributed by atoms with Gasteiger partial charge in [0.15, 0.2) is 0 Å². The minimum absolute atomic E-state index is 0.242. The van der Waals surface area contributed by atoms with E-state index in [2.05, 4.69) is 59.6 Å². The second-order valence-electron chi connectivity index (χ2n) is 8.30. The van der Waals surface area contributed by atoms with Crippen molar-refractivity contribution in [2.75, 3.05) is 6.54 Å². The van der Waals surface area contributed by atoms with E-state index in [4.69, 9.17) is 0 Å². The van der Waals surface area contributed by atoms with Gasteiger partial charge in [0.1, 0.15) is 0 Å². The Morgan fingerprint density at radius 1 is 1.00 bits per heavy atom. The molecule has 1 N–H and O–H groups in total. The first-order valence-corrected chi connectivity index (χ1v) is 11.5. The fourth-order valence-electron chi connectivity index (χ4n) is 2.80. The van der Waals surface area contributed by atoms with E-state index in [-0.39, 0.29) is 5.54 Å². The van der Waals surface area contributed by atoms with Crippen LogP contribution < -0.4 is 5.32 Å². The lowest BCUT2D eigenvalue weighted by atomic mass is 9.81. The summed E-state index contributed by atoms with van der Waals surface area (Å²) < 4.78 is 0. The first-order chi connectivity index (χ1) is 8.04. The van der Waals surface area contributed by atoms with Gasteiger partial charge in [0, 0.05) is 20.2 Å². The highest BCUT2D eigenvalue weighted by Crippen LogP contribution is 2.37. The van der Waals surface area contributed by atoms with Crippen LogP contribution in [0.15, 0.2) is 0 Å². The fraction of sp³-hybridized carbons (Fsp3) is 1.00. The second kappa shape index (κ2) is 7.09. The predicted molar refractivity (Wildman–Crippen MR) is 88.2 cm³/mol. The lowest BCUT2D eigenvalue weighted by Crippen LogP contribution is -2.46. The predicted octanol–water partition coefficient (Wildman–Crippen LogP) is 5.30. The van der Waals surface area contributed by atoms with E-state index in [9.17, 15) is 0 Å². The number of nitrogens with one attached hydrogen (secondary N) is 1. The molecule has 110 valence electrons. The number of unbranched alkanes of at least 4 members (excludes halogenated alkanes) is 1. The Labute approximate surface area is 117 Å². The van der Waals surface area contributed by atoms with Crippen LogP contribution in [-0.4, -0.2) is 20.2 Å². The molecule has 1 nitrogen and oxygen atoms in total. The summed E-state index contributed by atoms with van der Waals surface area (Å²) in [6.07, 6.45) is 5.42. The van der Waals surface area contributed by atoms with E-state index in [1.165, 1.54) is 38.3 Å². The van der Waals surface area contributed by atoms with E-state index in [1.807, 2.05) is 0 Å². The van der Waals surface area contributed by atoms with E-state index < -0.39 is 8.07 Å². The SMILES string of the molecule is CCCCC(CC)(CNC(C)(C)C)C[Si](C)(C)C. The van der Waals surface area contributed by atoms with Crippen molar-refractivity contribution in [3.8, 4) is 0 Å². The smallest absolute Gasteiger partial charge is 0.0448 e. The van der Waals surface area contributed by atoms with Gasteiger partial charge in [-0.2, -0.15) is 0 Å². The maximum absolute atomic E-state index is 3.77. The van der Waals surface area contributed by atoms with Crippen molar-refractivity contribution in [2.45, 2.75) is 91.5 Å². The zero-order chi connectivity index (χ0) is 14.4. The van der Waals surface area contributed by atoms with Gasteiger partial charge in [-0.15, -0.1) is 0 Å². The van der Waals surface area contributed by atoms with Crippen molar-refractivity contribution in [3.63, 3.8) is 0 Å². The minimum Gasteiger partial charge on any atom is -0.312 e. The van der Waals surface area contributed by atoms with Gasteiger partial charge in [0.2, 0.25) is 0 Å². The lowest BCUT2D eigenvalue weighted by Gasteiger charge is -2.40. The van der Waals surface area contributed by atoms with Crippen LogP contribution in [-0.2, 0) is 0 Å². The molecule has 0 fully saturated rings. The average molecular weight is 272 g/mol. The molecule has 0 amide bonds. The molecule has 1 atom stereocenters. The highest BCUT2D eigenvalue weighted by molar-refractivity contribution is 6.76. The van der Waals surface area contributed by atoms with Gasteiger partial charge >= 0.3 is 0 Å². The standard InChI is InChI=1S/C16H37NSi/c1-9-11-12-16(10-2,14-18(6,7)8)13-17-15(3,4)5/h17H,9-14H2,1-8H3. The van der Waals surface area contributed by atoms with Gasteiger partial charge in [-0.25, -0.2) is 0 Å². The molecule has 0 aliphatic carbocycles. The van der Waals surface area contributed by atoms with Crippen molar-refractivity contribution >= 4 is 8.07 Å². The summed E-state index contributed by atoms with van der Waals surface area (Å²) in [6.45, 7) is 20.3. The van der Waals surface area contributed by atoms with Crippen LogP contribution in [0.1, 0.15) is 60.3 Å². The number of hydrogen-bond acceptors (Lipinski definition) is 1. The summed E-state index contributed by atoms with van der Waals surface area (Å²) in [5, 5.41) is 3.77. The molecule has 0 heterocycles. The zero-order valence-corrected chi connectivity index (χ0v) is 15.2. The average Bonchev–Trinajstić information content (AvgIpc) is 2.19. The molecule has 0 saturated heterocycles. The van der Waals surface area contributed by atoms with Gasteiger partial charge in [-0.3, -0.25) is 0 Å². The maximum Gasteiger partial charge on any atom is 0.0448 e. The lowest BCUT2D eigenvalue weighted by molar-refractivity contribution is 0.231. The topological polar surface area (TPSA) is 12.0 Å². The number of hydrogen-bond donors (Lipinski definition) is 1. The highest BCUT2D eigenvalue weighted by atomic mass is 28.3. The Morgan fingerprint density at radius 3 is 1.89 bits per heavy atom. The Balaban J connectivity index is 4.75. The quantitative estimate of drug-likeness (QED) is 0.591. The van der Waals surface area contributed by atoms with Crippen LogP contribution in [0.5, 0.6) is 0 Å². The molecule has 0 aliphatic heterocycles. The summed E-state index contributed by atoms with van der Waals surface area (Å²) in [7, 11) is -1.000. The third kappa shape index (κ3) is 8.31. The summed E-state index contributed by atoms with van der Waals surface area (Å²) in [5.41, 5.74) is 0.778. The molecule has 0 radical (unpaired) electrons. The van der Waals surface area contributed by atoms with Crippen LogP contribution >= 0.6 is 0 Å².